The maximum atomic E-state index is 12.2. The van der Waals surface area contributed by atoms with E-state index in [-0.39, 0.29) is 5.75 Å². The quantitative estimate of drug-likeness (QED) is 0.812. The monoisotopic (exact) mass is 332 g/mol. The Morgan fingerprint density at radius 1 is 1.43 bits per heavy atom. The van der Waals surface area contributed by atoms with Gasteiger partial charge in [-0.25, -0.2) is 8.42 Å². The van der Waals surface area contributed by atoms with E-state index in [9.17, 15) is 8.42 Å². The molecule has 1 N–H and O–H groups in total. The lowest BCUT2D eigenvalue weighted by Gasteiger charge is -2.32. The summed E-state index contributed by atoms with van der Waals surface area (Å²) in [6.45, 7) is 2.84. The molecule has 1 atom stereocenters. The molecule has 1 saturated carbocycles. The third-order valence-corrected chi connectivity index (χ3v) is 7.01. The summed E-state index contributed by atoms with van der Waals surface area (Å²) in [5, 5.41) is 10.8. The Labute approximate surface area is 128 Å². The molecule has 0 amide bonds. The summed E-state index contributed by atoms with van der Waals surface area (Å²) in [7, 11) is -3.16. The molecule has 9 heteroatoms. The standard InChI is InChI=1S/C12H20N4O3S2/c1-2-21(17,18)11-8-20-6-5-16(11)12-15-14-10(19-12)7-13-9-3-4-9/h9,11,13H,2-8H2,1H3. The van der Waals surface area contributed by atoms with Crippen LogP contribution in [0.4, 0.5) is 6.01 Å². The molecule has 2 fully saturated rings. The van der Waals surface area contributed by atoms with Crippen molar-refractivity contribution in [2.75, 3.05) is 28.7 Å². The summed E-state index contributed by atoms with van der Waals surface area (Å²) in [6.07, 6.45) is 2.39. The molecule has 3 rings (SSSR count). The molecule has 1 aromatic heterocycles. The highest BCUT2D eigenvalue weighted by Gasteiger charge is 2.35. The van der Waals surface area contributed by atoms with E-state index in [0.29, 0.717) is 36.8 Å². The number of nitrogens with zero attached hydrogens (tertiary/aromatic N) is 3. The maximum absolute atomic E-state index is 12.2. The van der Waals surface area contributed by atoms with Crippen molar-refractivity contribution < 1.29 is 12.8 Å². The minimum Gasteiger partial charge on any atom is -0.407 e. The average molecular weight is 332 g/mol. The van der Waals surface area contributed by atoms with Crippen LogP contribution >= 0.6 is 11.8 Å². The Bertz CT molecular complexity index is 585. The second-order valence-corrected chi connectivity index (χ2v) is 8.91. The molecule has 0 spiro atoms. The first kappa shape index (κ1) is 15.1. The summed E-state index contributed by atoms with van der Waals surface area (Å²) in [4.78, 5) is 1.74. The van der Waals surface area contributed by atoms with Gasteiger partial charge in [0.25, 0.3) is 0 Å². The number of thioether (sulfide) groups is 1. The number of hydrogen-bond donors (Lipinski definition) is 1. The van der Waals surface area contributed by atoms with Crippen LogP contribution in [0.15, 0.2) is 4.42 Å². The molecular formula is C12H20N4O3S2. The average Bonchev–Trinajstić information content (AvgIpc) is 3.22. The molecule has 21 heavy (non-hydrogen) atoms. The van der Waals surface area contributed by atoms with Gasteiger partial charge in [-0.05, 0) is 12.8 Å². The predicted molar refractivity (Wildman–Crippen MR) is 82.1 cm³/mol. The Hall–Kier alpha value is -0.800. The second kappa shape index (κ2) is 6.13. The molecule has 2 aliphatic rings. The van der Waals surface area contributed by atoms with E-state index < -0.39 is 15.2 Å². The van der Waals surface area contributed by atoms with E-state index >= 15 is 0 Å². The summed E-state index contributed by atoms with van der Waals surface area (Å²) in [6, 6.07) is 0.893. The third kappa shape index (κ3) is 3.51. The molecule has 1 saturated heterocycles. The molecular weight excluding hydrogens is 312 g/mol. The van der Waals surface area contributed by atoms with Crippen molar-refractivity contribution in [2.24, 2.45) is 0 Å². The van der Waals surface area contributed by atoms with Gasteiger partial charge in [-0.3, -0.25) is 0 Å². The summed E-state index contributed by atoms with van der Waals surface area (Å²) in [5.74, 6) is 2.06. The van der Waals surface area contributed by atoms with Crippen LogP contribution in [0.25, 0.3) is 0 Å². The molecule has 0 radical (unpaired) electrons. The molecule has 2 heterocycles. The SMILES string of the molecule is CCS(=O)(=O)C1CSCCN1c1nnc(CNC2CC2)o1. The van der Waals surface area contributed by atoms with Crippen molar-refractivity contribution in [3.63, 3.8) is 0 Å². The molecule has 0 bridgehead atoms. The van der Waals surface area contributed by atoms with E-state index in [1.54, 1.807) is 23.6 Å². The van der Waals surface area contributed by atoms with E-state index in [2.05, 4.69) is 15.5 Å². The van der Waals surface area contributed by atoms with Gasteiger partial charge in [0.1, 0.15) is 5.37 Å². The molecule has 1 aliphatic carbocycles. The van der Waals surface area contributed by atoms with Crippen molar-refractivity contribution in [1.82, 2.24) is 15.5 Å². The zero-order chi connectivity index (χ0) is 14.9. The Morgan fingerprint density at radius 3 is 2.95 bits per heavy atom. The third-order valence-electron chi connectivity index (χ3n) is 3.72. The maximum Gasteiger partial charge on any atom is 0.319 e. The minimum atomic E-state index is -3.16. The van der Waals surface area contributed by atoms with Crippen molar-refractivity contribution in [2.45, 2.75) is 37.7 Å². The predicted octanol–water partition coefficient (Wildman–Crippen LogP) is 0.636. The van der Waals surface area contributed by atoms with Gasteiger partial charge in [-0.2, -0.15) is 11.8 Å². The zero-order valence-corrected chi connectivity index (χ0v) is 13.6. The van der Waals surface area contributed by atoms with Crippen LogP contribution in [0, 0.1) is 0 Å². The summed E-state index contributed by atoms with van der Waals surface area (Å²) >= 11 is 1.65. The minimum absolute atomic E-state index is 0.124. The number of aromatic nitrogens is 2. The van der Waals surface area contributed by atoms with Crippen LogP contribution in [0.3, 0.4) is 0 Å². The first-order valence-electron chi connectivity index (χ1n) is 7.22. The highest BCUT2D eigenvalue weighted by molar-refractivity contribution is 8.01. The summed E-state index contributed by atoms with van der Waals surface area (Å²) < 4.78 is 30.1. The molecule has 0 aromatic carbocycles. The Morgan fingerprint density at radius 2 is 2.24 bits per heavy atom. The van der Waals surface area contributed by atoms with Crippen LogP contribution in [-0.4, -0.2) is 53.8 Å². The highest BCUT2D eigenvalue weighted by atomic mass is 32.2. The van der Waals surface area contributed by atoms with Crippen LogP contribution in [0.1, 0.15) is 25.7 Å². The zero-order valence-electron chi connectivity index (χ0n) is 12.0. The molecule has 1 aromatic rings. The molecule has 1 unspecified atom stereocenters. The first-order valence-corrected chi connectivity index (χ1v) is 10.1. The normalized spacial score (nSPS) is 23.5. The Balaban J connectivity index is 1.73. The smallest absolute Gasteiger partial charge is 0.319 e. The highest BCUT2D eigenvalue weighted by Crippen LogP contribution is 2.26. The van der Waals surface area contributed by atoms with Crippen molar-refractivity contribution in [1.29, 1.82) is 0 Å². The first-order chi connectivity index (χ1) is 10.1. The van der Waals surface area contributed by atoms with E-state index in [0.717, 1.165) is 5.75 Å². The number of sulfone groups is 1. The molecule has 7 nitrogen and oxygen atoms in total. The molecule has 1 aliphatic heterocycles. The van der Waals surface area contributed by atoms with Gasteiger partial charge in [-0.1, -0.05) is 12.0 Å². The van der Waals surface area contributed by atoms with Gasteiger partial charge in [-0.15, -0.1) is 5.10 Å². The van der Waals surface area contributed by atoms with Crippen molar-refractivity contribution in [3.05, 3.63) is 5.89 Å². The van der Waals surface area contributed by atoms with Crippen LogP contribution in [0.5, 0.6) is 0 Å². The fourth-order valence-corrected chi connectivity index (χ4v) is 5.20. The van der Waals surface area contributed by atoms with Crippen LogP contribution < -0.4 is 10.2 Å². The number of hydrogen-bond acceptors (Lipinski definition) is 8. The van der Waals surface area contributed by atoms with Gasteiger partial charge in [0, 0.05) is 29.8 Å². The van der Waals surface area contributed by atoms with E-state index in [1.807, 2.05) is 0 Å². The Kier molecular flexibility index (Phi) is 4.41. The van der Waals surface area contributed by atoms with Gasteiger partial charge in [0.05, 0.1) is 6.54 Å². The molecule has 118 valence electrons. The van der Waals surface area contributed by atoms with Crippen LogP contribution in [-0.2, 0) is 16.4 Å². The lowest BCUT2D eigenvalue weighted by molar-refractivity contribution is 0.457. The fraction of sp³-hybridized carbons (Fsp3) is 0.833. The largest absolute Gasteiger partial charge is 0.407 e. The lowest BCUT2D eigenvalue weighted by Crippen LogP contribution is -2.48. The number of rotatable bonds is 6. The van der Waals surface area contributed by atoms with Gasteiger partial charge in [0.2, 0.25) is 5.89 Å². The number of anilines is 1. The topological polar surface area (TPSA) is 88.3 Å². The van der Waals surface area contributed by atoms with E-state index in [4.69, 9.17) is 4.42 Å². The van der Waals surface area contributed by atoms with Gasteiger partial charge >= 0.3 is 6.01 Å². The summed E-state index contributed by atoms with van der Waals surface area (Å²) in [5.41, 5.74) is 0. The lowest BCUT2D eigenvalue weighted by atomic mass is 10.5. The number of nitrogens with one attached hydrogen (secondary N) is 1. The van der Waals surface area contributed by atoms with E-state index in [1.165, 1.54) is 12.8 Å². The van der Waals surface area contributed by atoms with Crippen LogP contribution in [0.2, 0.25) is 0 Å². The van der Waals surface area contributed by atoms with Crippen molar-refractivity contribution in [3.8, 4) is 0 Å². The second-order valence-electron chi connectivity index (χ2n) is 5.31. The van der Waals surface area contributed by atoms with Crippen molar-refractivity contribution >= 4 is 27.6 Å². The van der Waals surface area contributed by atoms with Gasteiger partial charge < -0.3 is 14.6 Å². The fourth-order valence-electron chi connectivity index (χ4n) is 2.24. The van der Waals surface area contributed by atoms with Gasteiger partial charge in [0.15, 0.2) is 9.84 Å².